The molecule has 23 heavy (non-hydrogen) atoms. The van der Waals surface area contributed by atoms with Gasteiger partial charge >= 0.3 is 0 Å². The van der Waals surface area contributed by atoms with Crippen molar-refractivity contribution in [2.45, 2.75) is 10.6 Å². The second kappa shape index (κ2) is 5.69. The van der Waals surface area contributed by atoms with E-state index in [2.05, 4.69) is 14.7 Å². The first-order chi connectivity index (χ1) is 10.8. The second-order valence-corrected chi connectivity index (χ2v) is 7.78. The number of aromatic nitrogens is 2. The molecular weight excluding hydrogens is 375 g/mol. The summed E-state index contributed by atoms with van der Waals surface area (Å²) in [5.74, 6) is -0.619. The monoisotopic (exact) mass is 381 g/mol. The van der Waals surface area contributed by atoms with Gasteiger partial charge in [-0.05, 0) is 12.1 Å². The maximum absolute atomic E-state index is 13.7. The van der Waals surface area contributed by atoms with Crippen LogP contribution in [-0.4, -0.2) is 18.4 Å². The summed E-state index contributed by atoms with van der Waals surface area (Å²) >= 11 is 6.20. The molecule has 2 heterocycles. The predicted molar refractivity (Wildman–Crippen MR) is 81.1 cm³/mol. The average Bonchev–Trinajstić information content (AvgIpc) is 3.10. The van der Waals surface area contributed by atoms with Crippen LogP contribution in [0.15, 0.2) is 28.7 Å². The van der Waals surface area contributed by atoms with Gasteiger partial charge < -0.3 is 4.98 Å². The van der Waals surface area contributed by atoms with Crippen LogP contribution in [0.2, 0.25) is 5.02 Å². The van der Waals surface area contributed by atoms with E-state index in [0.29, 0.717) is 11.3 Å². The van der Waals surface area contributed by atoms with Crippen molar-refractivity contribution in [1.82, 2.24) is 9.97 Å². The number of nitrogens with zero attached hydrogens (tertiary/aromatic N) is 1. The van der Waals surface area contributed by atoms with E-state index in [1.165, 1.54) is 12.3 Å². The minimum atomic E-state index is -4.13. The van der Waals surface area contributed by atoms with Crippen LogP contribution in [0.1, 0.15) is 11.4 Å². The minimum Gasteiger partial charge on any atom is -0.358 e. The second-order valence-electron chi connectivity index (χ2n) is 4.41. The third-order valence-corrected chi connectivity index (χ3v) is 6.06. The van der Waals surface area contributed by atoms with Crippen LogP contribution >= 0.6 is 22.9 Å². The molecule has 0 aliphatic rings. The van der Waals surface area contributed by atoms with E-state index in [-0.39, 0.29) is 25.8 Å². The van der Waals surface area contributed by atoms with Crippen LogP contribution in [-0.2, 0) is 10.0 Å². The van der Waals surface area contributed by atoms with Crippen LogP contribution in [0, 0.1) is 5.82 Å². The summed E-state index contributed by atoms with van der Waals surface area (Å²) in [5.41, 5.74) is 0.192. The molecule has 0 saturated carbocycles. The Balaban J connectivity index is 2.02. The van der Waals surface area contributed by atoms with Gasteiger partial charge in [-0.2, -0.15) is 0 Å². The molecule has 5 nitrogen and oxygen atoms in total. The minimum absolute atomic E-state index is 0.0319. The lowest BCUT2D eigenvalue weighted by Crippen LogP contribution is -2.12. The van der Waals surface area contributed by atoms with Crippen molar-refractivity contribution < 1.29 is 21.6 Å². The fraction of sp³-hybridized carbons (Fsp3) is 0.0833. The van der Waals surface area contributed by atoms with E-state index in [4.69, 9.17) is 11.6 Å². The van der Waals surface area contributed by atoms with Gasteiger partial charge in [0.05, 0.1) is 27.8 Å². The van der Waals surface area contributed by atoms with Gasteiger partial charge in [-0.15, -0.1) is 0 Å². The molecule has 3 aromatic rings. The van der Waals surface area contributed by atoms with Crippen molar-refractivity contribution in [2.24, 2.45) is 0 Å². The number of alkyl halides is 2. The number of halogens is 4. The molecule has 0 saturated heterocycles. The maximum atomic E-state index is 13.7. The van der Waals surface area contributed by atoms with E-state index in [0.717, 1.165) is 12.3 Å². The molecule has 1 aromatic carbocycles. The molecule has 0 atom stereocenters. The van der Waals surface area contributed by atoms with Crippen molar-refractivity contribution in [1.29, 1.82) is 0 Å². The fourth-order valence-electron chi connectivity index (χ4n) is 1.95. The number of H-pyrrole nitrogens is 1. The highest BCUT2D eigenvalue weighted by Crippen LogP contribution is 2.33. The number of aromatic amines is 1. The Kier molecular flexibility index (Phi) is 3.98. The Morgan fingerprint density at radius 2 is 2.09 bits per heavy atom. The Labute approximate surface area is 137 Å². The highest BCUT2D eigenvalue weighted by molar-refractivity contribution is 7.94. The summed E-state index contributed by atoms with van der Waals surface area (Å²) < 4.78 is 65.1. The lowest BCUT2D eigenvalue weighted by molar-refractivity contribution is 0.151. The Bertz CT molecular complexity index is 985. The number of hydrogen-bond donors (Lipinski definition) is 2. The number of sulfonamides is 1. The van der Waals surface area contributed by atoms with Gasteiger partial charge in [0.2, 0.25) is 0 Å². The Morgan fingerprint density at radius 3 is 2.74 bits per heavy atom. The Morgan fingerprint density at radius 1 is 1.35 bits per heavy atom. The number of rotatable bonds is 4. The number of thiazole rings is 1. The number of nitrogens with one attached hydrogen (secondary N) is 2. The Hall–Kier alpha value is -1.78. The summed E-state index contributed by atoms with van der Waals surface area (Å²) in [7, 11) is -4.13. The summed E-state index contributed by atoms with van der Waals surface area (Å²) in [6.45, 7) is 0. The van der Waals surface area contributed by atoms with Crippen molar-refractivity contribution in [3.63, 3.8) is 0 Å². The van der Waals surface area contributed by atoms with Crippen LogP contribution in [0.4, 0.5) is 18.9 Å². The zero-order valence-corrected chi connectivity index (χ0v) is 13.4. The topological polar surface area (TPSA) is 74.8 Å². The molecule has 2 N–H and O–H groups in total. The molecule has 0 amide bonds. The standard InChI is InChI=1S/C12H7ClF3N3O2S2/c13-5-3-17-10-7(2-1-6(14)9(5)10)19-23(20,21)8-4-18-12(22-8)11(15)16/h1-4,11,17,19H. The van der Waals surface area contributed by atoms with Gasteiger partial charge in [0, 0.05) is 6.20 Å². The van der Waals surface area contributed by atoms with E-state index in [9.17, 15) is 21.6 Å². The molecular formula is C12H7ClF3N3O2S2. The van der Waals surface area contributed by atoms with Crippen molar-refractivity contribution in [2.75, 3.05) is 4.72 Å². The molecule has 0 spiro atoms. The van der Waals surface area contributed by atoms with E-state index < -0.39 is 27.3 Å². The molecule has 2 aromatic heterocycles. The highest BCUT2D eigenvalue weighted by atomic mass is 35.5. The van der Waals surface area contributed by atoms with Gasteiger partial charge in [-0.3, -0.25) is 4.72 Å². The first-order valence-corrected chi connectivity index (χ1v) is 8.69. The van der Waals surface area contributed by atoms with Gasteiger partial charge in [-0.25, -0.2) is 26.6 Å². The highest BCUT2D eigenvalue weighted by Gasteiger charge is 2.23. The van der Waals surface area contributed by atoms with Crippen LogP contribution in [0.5, 0.6) is 0 Å². The molecule has 0 aliphatic heterocycles. The third kappa shape index (κ3) is 2.89. The number of hydrogen-bond acceptors (Lipinski definition) is 4. The first kappa shape index (κ1) is 16.1. The van der Waals surface area contributed by atoms with E-state index in [1.807, 2.05) is 0 Å². The summed E-state index contributed by atoms with van der Waals surface area (Å²) in [4.78, 5) is 6.03. The number of fused-ring (bicyclic) bond motifs is 1. The first-order valence-electron chi connectivity index (χ1n) is 6.01. The van der Waals surface area contributed by atoms with Gasteiger partial charge in [0.25, 0.3) is 16.4 Å². The smallest absolute Gasteiger partial charge is 0.289 e. The van der Waals surface area contributed by atoms with Gasteiger partial charge in [0.1, 0.15) is 5.82 Å². The van der Waals surface area contributed by atoms with Crippen molar-refractivity contribution in [3.8, 4) is 0 Å². The van der Waals surface area contributed by atoms with Gasteiger partial charge in [-0.1, -0.05) is 22.9 Å². The van der Waals surface area contributed by atoms with Crippen LogP contribution in [0.3, 0.4) is 0 Å². The summed E-state index contributed by atoms with van der Waals surface area (Å²) in [5, 5.41) is -0.474. The average molecular weight is 382 g/mol. The maximum Gasteiger partial charge on any atom is 0.289 e. The van der Waals surface area contributed by atoms with Crippen LogP contribution in [0.25, 0.3) is 10.9 Å². The van der Waals surface area contributed by atoms with Crippen LogP contribution < -0.4 is 4.72 Å². The molecule has 0 aliphatic carbocycles. The molecule has 3 rings (SSSR count). The quantitative estimate of drug-likeness (QED) is 0.712. The summed E-state index contributed by atoms with van der Waals surface area (Å²) in [6.07, 6.45) is -0.699. The molecule has 122 valence electrons. The van der Waals surface area contributed by atoms with Crippen molar-refractivity contribution in [3.05, 3.63) is 40.4 Å². The molecule has 0 unspecified atom stereocenters. The zero-order valence-electron chi connectivity index (χ0n) is 11.0. The lowest BCUT2D eigenvalue weighted by Gasteiger charge is -2.07. The van der Waals surface area contributed by atoms with E-state index in [1.54, 1.807) is 0 Å². The zero-order chi connectivity index (χ0) is 16.8. The normalized spacial score (nSPS) is 12.2. The molecule has 0 fully saturated rings. The summed E-state index contributed by atoms with van der Waals surface area (Å²) in [6, 6.07) is 2.26. The molecule has 11 heteroatoms. The SMILES string of the molecule is O=S(=O)(Nc1ccc(F)c2c(Cl)c[nH]c12)c1cnc(C(F)F)s1. The fourth-order valence-corrected chi connectivity index (χ4v) is 4.26. The lowest BCUT2D eigenvalue weighted by atomic mass is 10.2. The van der Waals surface area contributed by atoms with E-state index >= 15 is 0 Å². The molecule has 0 radical (unpaired) electrons. The largest absolute Gasteiger partial charge is 0.358 e. The molecule has 0 bridgehead atoms. The van der Waals surface area contributed by atoms with Crippen molar-refractivity contribution >= 4 is 49.6 Å². The number of anilines is 1. The number of benzene rings is 1. The predicted octanol–water partition coefficient (Wildman–Crippen LogP) is 4.16. The van der Waals surface area contributed by atoms with Gasteiger partial charge in [0.15, 0.2) is 9.22 Å². The third-order valence-electron chi connectivity index (χ3n) is 2.93.